The van der Waals surface area contributed by atoms with Crippen LogP contribution in [0.25, 0.3) is 10.9 Å². The van der Waals surface area contributed by atoms with Crippen LogP contribution in [0.5, 0.6) is 11.5 Å². The van der Waals surface area contributed by atoms with Crippen molar-refractivity contribution in [2.24, 2.45) is 0 Å². The highest BCUT2D eigenvalue weighted by atomic mass is 16.7. The second-order valence-electron chi connectivity index (χ2n) is 10.5. The molecule has 0 unspecified atom stereocenters. The fourth-order valence-corrected chi connectivity index (χ4v) is 5.13. The van der Waals surface area contributed by atoms with Crippen LogP contribution in [-0.4, -0.2) is 39.1 Å². The van der Waals surface area contributed by atoms with Gasteiger partial charge in [-0.05, 0) is 60.2 Å². The van der Waals surface area contributed by atoms with Crippen LogP contribution in [0.1, 0.15) is 63.3 Å². The molecule has 1 aliphatic carbocycles. The molecule has 1 aromatic heterocycles. The van der Waals surface area contributed by atoms with Gasteiger partial charge in [0.1, 0.15) is 5.78 Å². The number of hydrogen-bond acceptors (Lipinski definition) is 5. The first-order chi connectivity index (χ1) is 16.1. The summed E-state index contributed by atoms with van der Waals surface area (Å²) in [6, 6.07) is 14.1. The van der Waals surface area contributed by atoms with Crippen LogP contribution in [-0.2, 0) is 23.2 Å². The summed E-state index contributed by atoms with van der Waals surface area (Å²) in [4.78, 5) is 13.5. The van der Waals surface area contributed by atoms with Crippen molar-refractivity contribution in [3.63, 3.8) is 0 Å². The molecule has 0 spiro atoms. The Hall–Kier alpha value is -2.83. The van der Waals surface area contributed by atoms with Gasteiger partial charge in [-0.3, -0.25) is 4.79 Å². The number of rotatable bonds is 8. The molecule has 1 fully saturated rings. The van der Waals surface area contributed by atoms with Crippen molar-refractivity contribution in [1.82, 2.24) is 4.57 Å². The van der Waals surface area contributed by atoms with E-state index < -0.39 is 17.3 Å². The zero-order chi connectivity index (χ0) is 24.3. The molecule has 0 saturated heterocycles. The largest absolute Gasteiger partial charge is 0.449 e. The highest BCUT2D eigenvalue weighted by Gasteiger charge is 2.51. The molecule has 2 aliphatic rings. The van der Waals surface area contributed by atoms with Gasteiger partial charge in [0.2, 0.25) is 5.79 Å². The van der Waals surface area contributed by atoms with Crippen molar-refractivity contribution in [2.75, 3.05) is 6.61 Å². The Morgan fingerprint density at radius 1 is 1.06 bits per heavy atom. The minimum absolute atomic E-state index is 0.226. The summed E-state index contributed by atoms with van der Waals surface area (Å²) >= 11 is 0. The topological polar surface area (TPSA) is 80.9 Å². The number of carbonyl (C=O) groups excluding carboxylic acids is 1. The summed E-state index contributed by atoms with van der Waals surface area (Å²) in [5.74, 6) is 1.24. The Morgan fingerprint density at radius 3 is 2.47 bits per heavy atom. The van der Waals surface area contributed by atoms with Crippen LogP contribution in [0.3, 0.4) is 0 Å². The Labute approximate surface area is 200 Å². The Balaban J connectivity index is 1.40. The van der Waals surface area contributed by atoms with Crippen LogP contribution in [0.15, 0.2) is 42.5 Å². The molecule has 180 valence electrons. The number of ether oxygens (including phenoxy) is 2. The third kappa shape index (κ3) is 3.99. The van der Waals surface area contributed by atoms with Gasteiger partial charge in [0.15, 0.2) is 11.5 Å². The standard InChI is InChI=1S/C28H33NO5/c1-17(2)23-13-19-11-18(5-7-22(19)29(23)15-21(31)16-30)12-26(32)28(9-10-28)20-6-8-24-25(14-20)34-27(3,4)33-24/h5-8,11,13-14,17,21,30-31H,9-10,12,15-16H2,1-4H3/t21-/m1/s1. The molecular formula is C28H33NO5. The highest BCUT2D eigenvalue weighted by molar-refractivity contribution is 5.95. The molecule has 1 aliphatic heterocycles. The number of ketones is 1. The Bertz CT molecular complexity index is 1250. The average Bonchev–Trinajstić information content (AvgIpc) is 3.43. The molecule has 0 radical (unpaired) electrons. The van der Waals surface area contributed by atoms with Crippen molar-refractivity contribution in [1.29, 1.82) is 0 Å². The summed E-state index contributed by atoms with van der Waals surface area (Å²) in [5.41, 5.74) is 3.66. The number of aliphatic hydroxyl groups excluding tert-OH is 2. The maximum absolute atomic E-state index is 13.5. The fourth-order valence-electron chi connectivity index (χ4n) is 5.13. The minimum Gasteiger partial charge on any atom is -0.449 e. The monoisotopic (exact) mass is 463 g/mol. The Kier molecular flexibility index (Phi) is 5.49. The normalized spacial score (nSPS) is 18.4. The first kappa shape index (κ1) is 22.9. The first-order valence-electron chi connectivity index (χ1n) is 12.1. The average molecular weight is 464 g/mol. The van der Waals surface area contributed by atoms with Gasteiger partial charge in [0.25, 0.3) is 0 Å². The summed E-state index contributed by atoms with van der Waals surface area (Å²) < 4.78 is 13.8. The molecule has 1 atom stereocenters. The third-order valence-corrected chi connectivity index (χ3v) is 7.05. The Morgan fingerprint density at radius 2 is 1.79 bits per heavy atom. The van der Waals surface area contributed by atoms with Crippen LogP contribution < -0.4 is 9.47 Å². The van der Waals surface area contributed by atoms with E-state index in [0.29, 0.717) is 18.7 Å². The summed E-state index contributed by atoms with van der Waals surface area (Å²) in [6.45, 7) is 8.05. The number of fused-ring (bicyclic) bond motifs is 2. The van der Waals surface area contributed by atoms with Gasteiger partial charge in [0.05, 0.1) is 24.7 Å². The molecular weight excluding hydrogens is 430 g/mol. The lowest BCUT2D eigenvalue weighted by atomic mass is 9.87. The van der Waals surface area contributed by atoms with E-state index in [0.717, 1.165) is 46.3 Å². The van der Waals surface area contributed by atoms with Crippen LogP contribution in [0, 0.1) is 0 Å². The van der Waals surface area contributed by atoms with E-state index in [9.17, 15) is 15.0 Å². The molecule has 2 N–H and O–H groups in total. The predicted octanol–water partition coefficient (Wildman–Crippen LogP) is 4.47. The minimum atomic E-state index is -0.809. The number of aliphatic hydroxyl groups is 2. The number of Topliss-reactive ketones (excluding diaryl/α,β-unsaturated/α-hetero) is 1. The smallest absolute Gasteiger partial charge is 0.246 e. The maximum atomic E-state index is 13.5. The van der Waals surface area contributed by atoms with Crippen LogP contribution in [0.4, 0.5) is 0 Å². The summed E-state index contributed by atoms with van der Waals surface area (Å²) in [5, 5.41) is 20.4. The van der Waals surface area contributed by atoms with E-state index in [-0.39, 0.29) is 18.3 Å². The zero-order valence-electron chi connectivity index (χ0n) is 20.3. The van der Waals surface area contributed by atoms with E-state index in [1.165, 1.54) is 0 Å². The molecule has 3 aromatic rings. The van der Waals surface area contributed by atoms with Gasteiger partial charge in [-0.1, -0.05) is 26.0 Å². The van der Waals surface area contributed by atoms with Gasteiger partial charge in [-0.25, -0.2) is 0 Å². The quantitative estimate of drug-likeness (QED) is 0.515. The SMILES string of the molecule is CC(C)c1cc2cc(CC(=O)C3(c4ccc5c(c4)OC(C)(C)O5)CC3)ccc2n1C[C@@H](O)CO. The zero-order valence-corrected chi connectivity index (χ0v) is 20.3. The van der Waals surface area contributed by atoms with Crippen molar-refractivity contribution in [3.05, 3.63) is 59.3 Å². The lowest BCUT2D eigenvalue weighted by Gasteiger charge is -2.17. The van der Waals surface area contributed by atoms with Gasteiger partial charge in [0, 0.05) is 36.9 Å². The number of carbonyl (C=O) groups is 1. The van der Waals surface area contributed by atoms with E-state index in [1.54, 1.807) is 0 Å². The van der Waals surface area contributed by atoms with E-state index in [2.05, 4.69) is 30.5 Å². The van der Waals surface area contributed by atoms with E-state index in [1.807, 2.05) is 44.2 Å². The van der Waals surface area contributed by atoms with Crippen LogP contribution in [0.2, 0.25) is 0 Å². The van der Waals surface area contributed by atoms with Crippen molar-refractivity contribution >= 4 is 16.7 Å². The van der Waals surface area contributed by atoms with Crippen molar-refractivity contribution in [2.45, 2.75) is 76.7 Å². The molecule has 6 heteroatoms. The summed E-state index contributed by atoms with van der Waals surface area (Å²) in [7, 11) is 0. The molecule has 34 heavy (non-hydrogen) atoms. The maximum Gasteiger partial charge on any atom is 0.246 e. The second-order valence-corrected chi connectivity index (χ2v) is 10.5. The van der Waals surface area contributed by atoms with Crippen molar-refractivity contribution < 1.29 is 24.5 Å². The first-order valence-corrected chi connectivity index (χ1v) is 12.1. The lowest BCUT2D eigenvalue weighted by molar-refractivity contribution is -0.120. The highest BCUT2D eigenvalue weighted by Crippen LogP contribution is 2.52. The molecule has 1 saturated carbocycles. The molecule has 0 amide bonds. The van der Waals surface area contributed by atoms with Crippen molar-refractivity contribution in [3.8, 4) is 11.5 Å². The number of benzene rings is 2. The van der Waals surface area contributed by atoms with Gasteiger partial charge in [-0.15, -0.1) is 0 Å². The molecule has 2 aromatic carbocycles. The molecule has 6 nitrogen and oxygen atoms in total. The third-order valence-electron chi connectivity index (χ3n) is 7.05. The predicted molar refractivity (Wildman–Crippen MR) is 131 cm³/mol. The van der Waals surface area contributed by atoms with E-state index in [4.69, 9.17) is 9.47 Å². The van der Waals surface area contributed by atoms with Gasteiger partial charge in [-0.2, -0.15) is 0 Å². The summed E-state index contributed by atoms with van der Waals surface area (Å²) in [6.07, 6.45) is 1.27. The molecule has 5 rings (SSSR count). The second kappa shape index (κ2) is 8.14. The van der Waals surface area contributed by atoms with Gasteiger partial charge >= 0.3 is 0 Å². The lowest BCUT2D eigenvalue weighted by Crippen LogP contribution is -2.29. The number of nitrogens with zero attached hydrogens (tertiary/aromatic N) is 1. The van der Waals surface area contributed by atoms with Gasteiger partial charge < -0.3 is 24.3 Å². The number of aromatic nitrogens is 1. The van der Waals surface area contributed by atoms with Crippen LogP contribution >= 0.6 is 0 Å². The molecule has 2 heterocycles. The van der Waals surface area contributed by atoms with E-state index >= 15 is 0 Å². The fraction of sp³-hybridized carbons (Fsp3) is 0.464. The molecule has 0 bridgehead atoms. The number of hydrogen-bond donors (Lipinski definition) is 2.